The molecule has 3 heteroatoms. The fourth-order valence-electron chi connectivity index (χ4n) is 2.94. The van der Waals surface area contributed by atoms with Gasteiger partial charge in [0, 0.05) is 12.1 Å². The van der Waals surface area contributed by atoms with E-state index in [9.17, 15) is 0 Å². The Balaban J connectivity index is 2.21. The fourth-order valence-corrected chi connectivity index (χ4v) is 2.94. The maximum absolute atomic E-state index is 5.39. The largest absolute Gasteiger partial charge is 0.497 e. The van der Waals surface area contributed by atoms with E-state index >= 15 is 0 Å². The van der Waals surface area contributed by atoms with Crippen LogP contribution >= 0.6 is 0 Å². The first kappa shape index (κ1) is 15.9. The molecule has 1 atom stereocenters. The number of rotatable bonds is 7. The zero-order valence-corrected chi connectivity index (χ0v) is 13.4. The summed E-state index contributed by atoms with van der Waals surface area (Å²) in [5.74, 6) is 1.70. The molecule has 1 aromatic rings. The first-order valence-electron chi connectivity index (χ1n) is 7.91. The lowest BCUT2D eigenvalue weighted by Crippen LogP contribution is -2.22. The van der Waals surface area contributed by atoms with Crippen LogP contribution in [0.4, 0.5) is 0 Å². The van der Waals surface area contributed by atoms with Gasteiger partial charge in [0.2, 0.25) is 0 Å². The highest BCUT2D eigenvalue weighted by atomic mass is 16.5. The first-order valence-corrected chi connectivity index (χ1v) is 7.91. The maximum atomic E-state index is 5.39. The van der Waals surface area contributed by atoms with E-state index in [0.29, 0.717) is 6.04 Å². The summed E-state index contributed by atoms with van der Waals surface area (Å²) < 4.78 is 10.8. The molecule has 3 nitrogen and oxygen atoms in total. The quantitative estimate of drug-likeness (QED) is 0.761. The van der Waals surface area contributed by atoms with E-state index in [1.54, 1.807) is 19.8 Å². The average Bonchev–Trinajstić information content (AvgIpc) is 2.55. The van der Waals surface area contributed by atoms with Crippen LogP contribution in [0.2, 0.25) is 0 Å². The van der Waals surface area contributed by atoms with Crippen LogP contribution in [-0.4, -0.2) is 20.8 Å². The van der Waals surface area contributed by atoms with Crippen molar-refractivity contribution >= 4 is 0 Å². The molecule has 0 aliphatic heterocycles. The molecule has 1 unspecified atom stereocenters. The highest BCUT2D eigenvalue weighted by Crippen LogP contribution is 2.32. The summed E-state index contributed by atoms with van der Waals surface area (Å²) in [6.45, 7) is 3.11. The maximum Gasteiger partial charge on any atom is 0.122 e. The molecule has 0 radical (unpaired) electrons. The van der Waals surface area contributed by atoms with Crippen molar-refractivity contribution in [2.24, 2.45) is 0 Å². The van der Waals surface area contributed by atoms with Crippen molar-refractivity contribution < 1.29 is 9.47 Å². The Morgan fingerprint density at radius 1 is 1.10 bits per heavy atom. The Hall–Kier alpha value is -1.48. The second-order valence-electron chi connectivity index (χ2n) is 5.57. The molecule has 0 spiro atoms. The van der Waals surface area contributed by atoms with E-state index < -0.39 is 0 Å². The Morgan fingerprint density at radius 3 is 2.33 bits per heavy atom. The zero-order valence-electron chi connectivity index (χ0n) is 13.4. The van der Waals surface area contributed by atoms with Gasteiger partial charge in [-0.2, -0.15) is 0 Å². The Labute approximate surface area is 128 Å². The highest BCUT2D eigenvalue weighted by molar-refractivity contribution is 5.40. The third-order valence-electron chi connectivity index (χ3n) is 4.08. The van der Waals surface area contributed by atoms with Crippen molar-refractivity contribution in [3.63, 3.8) is 0 Å². The second-order valence-corrected chi connectivity index (χ2v) is 5.57. The minimum Gasteiger partial charge on any atom is -0.497 e. The van der Waals surface area contributed by atoms with Gasteiger partial charge < -0.3 is 14.8 Å². The molecule has 0 saturated heterocycles. The summed E-state index contributed by atoms with van der Waals surface area (Å²) in [7, 11) is 3.40. The third-order valence-corrected chi connectivity index (χ3v) is 4.08. The van der Waals surface area contributed by atoms with Gasteiger partial charge in [-0.3, -0.25) is 0 Å². The van der Waals surface area contributed by atoms with Crippen molar-refractivity contribution in [1.29, 1.82) is 0 Å². The number of ether oxygens (including phenoxy) is 2. The fraction of sp³-hybridized carbons (Fsp3) is 0.556. The summed E-state index contributed by atoms with van der Waals surface area (Å²) in [6.07, 6.45) is 8.63. The predicted octanol–water partition coefficient (Wildman–Crippen LogP) is 4.24. The molecule has 0 amide bonds. The van der Waals surface area contributed by atoms with Gasteiger partial charge >= 0.3 is 0 Å². The number of methoxy groups -OCH3 is 2. The van der Waals surface area contributed by atoms with Crippen LogP contribution in [0.5, 0.6) is 11.5 Å². The molecule has 0 aromatic heterocycles. The van der Waals surface area contributed by atoms with Gasteiger partial charge in [-0.1, -0.05) is 18.6 Å². The molecule has 0 fully saturated rings. The van der Waals surface area contributed by atoms with Crippen molar-refractivity contribution in [1.82, 2.24) is 5.32 Å². The van der Waals surface area contributed by atoms with Crippen LogP contribution in [0.3, 0.4) is 0 Å². The second kappa shape index (κ2) is 8.08. The topological polar surface area (TPSA) is 30.5 Å². The van der Waals surface area contributed by atoms with Gasteiger partial charge in [0.05, 0.1) is 14.2 Å². The molecule has 0 bridgehead atoms. The molecule has 1 aromatic carbocycles. The van der Waals surface area contributed by atoms with E-state index in [1.807, 2.05) is 6.07 Å². The van der Waals surface area contributed by atoms with E-state index in [1.165, 1.54) is 31.2 Å². The van der Waals surface area contributed by atoms with Crippen molar-refractivity contribution in [2.45, 2.75) is 45.1 Å². The molecule has 2 rings (SSSR count). The lowest BCUT2D eigenvalue weighted by molar-refractivity contribution is 0.391. The zero-order chi connectivity index (χ0) is 15.1. The van der Waals surface area contributed by atoms with Crippen LogP contribution in [-0.2, 0) is 0 Å². The van der Waals surface area contributed by atoms with Crippen LogP contribution in [0, 0.1) is 0 Å². The minimum atomic E-state index is 0.323. The van der Waals surface area contributed by atoms with Gasteiger partial charge in [0.25, 0.3) is 0 Å². The molecular weight excluding hydrogens is 262 g/mol. The van der Waals surface area contributed by atoms with Crippen LogP contribution in [0.25, 0.3) is 0 Å². The van der Waals surface area contributed by atoms with Crippen LogP contribution in [0.1, 0.15) is 50.6 Å². The summed E-state index contributed by atoms with van der Waals surface area (Å²) in [5, 5.41) is 3.60. The Morgan fingerprint density at radius 2 is 1.81 bits per heavy atom. The number of nitrogens with one attached hydrogen (secondary N) is 1. The van der Waals surface area contributed by atoms with Crippen LogP contribution in [0.15, 0.2) is 29.8 Å². The van der Waals surface area contributed by atoms with Gasteiger partial charge in [-0.25, -0.2) is 0 Å². The van der Waals surface area contributed by atoms with Gasteiger partial charge in [-0.15, -0.1) is 0 Å². The van der Waals surface area contributed by atoms with Crippen LogP contribution < -0.4 is 14.8 Å². The number of hydrogen-bond acceptors (Lipinski definition) is 3. The van der Waals surface area contributed by atoms with Crippen molar-refractivity contribution in [2.75, 3.05) is 20.8 Å². The first-order chi connectivity index (χ1) is 10.3. The standard InChI is InChI=1S/C18H27NO2/c1-4-19-18(10-14-8-6-5-7-9-14)15-11-16(20-2)13-17(12-15)21-3/h8,11-13,18-19H,4-7,9-10H2,1-3H3. The molecular formula is C18H27NO2. The third kappa shape index (κ3) is 4.50. The van der Waals surface area contributed by atoms with Crippen molar-refractivity contribution in [3.05, 3.63) is 35.4 Å². The summed E-state index contributed by atoms with van der Waals surface area (Å²) in [4.78, 5) is 0. The highest BCUT2D eigenvalue weighted by Gasteiger charge is 2.16. The molecule has 0 saturated carbocycles. The normalized spacial score (nSPS) is 16.2. The van der Waals surface area contributed by atoms with E-state index in [-0.39, 0.29) is 0 Å². The molecule has 0 heterocycles. The lowest BCUT2D eigenvalue weighted by Gasteiger charge is -2.23. The monoisotopic (exact) mass is 289 g/mol. The molecule has 1 N–H and O–H groups in total. The Bertz CT molecular complexity index is 460. The summed E-state index contributed by atoms with van der Waals surface area (Å²) >= 11 is 0. The smallest absolute Gasteiger partial charge is 0.122 e. The molecule has 116 valence electrons. The molecule has 21 heavy (non-hydrogen) atoms. The minimum absolute atomic E-state index is 0.323. The number of benzene rings is 1. The van der Waals surface area contributed by atoms with Gasteiger partial charge in [0.15, 0.2) is 0 Å². The van der Waals surface area contributed by atoms with E-state index in [2.05, 4.69) is 30.4 Å². The molecule has 1 aliphatic carbocycles. The van der Waals surface area contributed by atoms with Gasteiger partial charge in [0.1, 0.15) is 11.5 Å². The van der Waals surface area contributed by atoms with E-state index in [4.69, 9.17) is 9.47 Å². The average molecular weight is 289 g/mol. The Kier molecular flexibility index (Phi) is 6.12. The summed E-state index contributed by atoms with van der Waals surface area (Å²) in [6, 6.07) is 6.47. The van der Waals surface area contributed by atoms with Gasteiger partial charge in [-0.05, 0) is 56.3 Å². The number of hydrogen-bond donors (Lipinski definition) is 1. The molecule has 1 aliphatic rings. The van der Waals surface area contributed by atoms with Crippen molar-refractivity contribution in [3.8, 4) is 11.5 Å². The number of allylic oxidation sites excluding steroid dienone is 1. The SMILES string of the molecule is CCNC(CC1=CCCCC1)c1cc(OC)cc(OC)c1. The van der Waals surface area contributed by atoms with E-state index in [0.717, 1.165) is 24.5 Å². The predicted molar refractivity (Wildman–Crippen MR) is 87.1 cm³/mol. The lowest BCUT2D eigenvalue weighted by atomic mass is 9.91. The summed E-state index contributed by atoms with van der Waals surface area (Å²) in [5.41, 5.74) is 2.81.